The molecule has 2 saturated heterocycles. The smallest absolute Gasteiger partial charge is 0.146 e. The molecule has 2 aliphatic heterocycles. The van der Waals surface area contributed by atoms with Gasteiger partial charge in [-0.3, -0.25) is 9.58 Å². The first kappa shape index (κ1) is 24.5. The molecular formula is C30H39FN6. The molecule has 37 heavy (non-hydrogen) atoms. The molecule has 7 heteroatoms. The van der Waals surface area contributed by atoms with Crippen molar-refractivity contribution in [3.05, 3.63) is 59.6 Å². The van der Waals surface area contributed by atoms with Gasteiger partial charge >= 0.3 is 0 Å². The van der Waals surface area contributed by atoms with Gasteiger partial charge in [-0.25, -0.2) is 14.4 Å². The molecule has 0 radical (unpaired) electrons. The van der Waals surface area contributed by atoms with Crippen molar-refractivity contribution >= 4 is 5.69 Å². The Hall–Kier alpha value is -2.80. The van der Waals surface area contributed by atoms with Crippen LogP contribution < -0.4 is 4.90 Å². The van der Waals surface area contributed by atoms with Crippen molar-refractivity contribution in [3.8, 4) is 11.3 Å². The SMILES string of the molecule is Cc1cnc(Cc2ccc(N3CCC4(CC3)CN(C3CCCC3)C4)c(F)c2)nc1-c1cnn(C(C)C)c1. The molecule has 6 nitrogen and oxygen atoms in total. The maximum absolute atomic E-state index is 15.3. The number of nitrogens with zero attached hydrogens (tertiary/aromatic N) is 6. The number of hydrogen-bond acceptors (Lipinski definition) is 5. The summed E-state index contributed by atoms with van der Waals surface area (Å²) >= 11 is 0. The van der Waals surface area contributed by atoms with Crippen LogP contribution in [0.25, 0.3) is 11.3 Å². The fourth-order valence-corrected chi connectivity index (χ4v) is 6.58. The summed E-state index contributed by atoms with van der Waals surface area (Å²) < 4.78 is 17.2. The molecule has 196 valence electrons. The first-order valence-electron chi connectivity index (χ1n) is 14.0. The van der Waals surface area contributed by atoms with Crippen LogP contribution in [0.2, 0.25) is 0 Å². The van der Waals surface area contributed by atoms with Gasteiger partial charge in [0.1, 0.15) is 11.6 Å². The number of hydrogen-bond donors (Lipinski definition) is 0. The molecule has 1 saturated carbocycles. The predicted molar refractivity (Wildman–Crippen MR) is 145 cm³/mol. The largest absolute Gasteiger partial charge is 0.369 e. The number of halogens is 1. The summed E-state index contributed by atoms with van der Waals surface area (Å²) in [6.07, 6.45) is 14.2. The highest BCUT2D eigenvalue weighted by Gasteiger charge is 2.47. The molecule has 1 aromatic carbocycles. The van der Waals surface area contributed by atoms with Crippen molar-refractivity contribution in [1.82, 2.24) is 24.6 Å². The summed E-state index contributed by atoms with van der Waals surface area (Å²) in [6.45, 7) is 10.6. The Balaban J connectivity index is 1.09. The Kier molecular flexibility index (Phi) is 6.51. The molecule has 0 N–H and O–H groups in total. The lowest BCUT2D eigenvalue weighted by atomic mass is 9.71. The van der Waals surface area contributed by atoms with Gasteiger partial charge in [-0.2, -0.15) is 5.10 Å². The van der Waals surface area contributed by atoms with Gasteiger partial charge in [-0.05, 0) is 75.1 Å². The molecule has 3 aromatic rings. The minimum atomic E-state index is -0.139. The normalized spacial score (nSPS) is 20.2. The molecule has 0 atom stereocenters. The monoisotopic (exact) mass is 502 g/mol. The molecule has 4 heterocycles. The van der Waals surface area contributed by atoms with Gasteiger partial charge in [0.05, 0.1) is 17.6 Å². The van der Waals surface area contributed by atoms with E-state index in [0.717, 1.165) is 47.2 Å². The molecule has 3 fully saturated rings. The van der Waals surface area contributed by atoms with Crippen molar-refractivity contribution in [2.45, 2.75) is 77.8 Å². The zero-order valence-corrected chi connectivity index (χ0v) is 22.5. The van der Waals surface area contributed by atoms with E-state index in [-0.39, 0.29) is 5.82 Å². The van der Waals surface area contributed by atoms with E-state index >= 15 is 4.39 Å². The van der Waals surface area contributed by atoms with Crippen LogP contribution in [-0.2, 0) is 6.42 Å². The van der Waals surface area contributed by atoms with Gasteiger partial charge in [0, 0.05) is 62.6 Å². The average Bonchev–Trinajstić information content (AvgIpc) is 3.57. The van der Waals surface area contributed by atoms with Gasteiger partial charge < -0.3 is 4.90 Å². The number of anilines is 1. The van der Waals surface area contributed by atoms with E-state index in [0.29, 0.717) is 23.7 Å². The topological polar surface area (TPSA) is 50.1 Å². The molecule has 0 unspecified atom stereocenters. The standard InChI is InChI=1S/C30H39FN6/c1-21(2)37-18-24(17-33-37)29-22(3)16-32-28(34-29)15-23-8-9-27(26(31)14-23)35-12-10-30(11-13-35)19-36(20-30)25-6-4-5-7-25/h8-9,14,16-18,21,25H,4-7,10-13,15,19-20H2,1-3H3. The maximum atomic E-state index is 15.3. The number of benzene rings is 1. The number of rotatable bonds is 6. The molecular weight excluding hydrogens is 463 g/mol. The Bertz CT molecular complexity index is 1240. The fourth-order valence-electron chi connectivity index (χ4n) is 6.58. The number of aryl methyl sites for hydroxylation is 1. The zero-order chi connectivity index (χ0) is 25.6. The first-order valence-corrected chi connectivity index (χ1v) is 14.0. The van der Waals surface area contributed by atoms with Crippen molar-refractivity contribution in [1.29, 1.82) is 0 Å². The second-order valence-electron chi connectivity index (χ2n) is 11.9. The lowest BCUT2D eigenvalue weighted by Crippen LogP contribution is -2.62. The molecule has 1 aliphatic carbocycles. The van der Waals surface area contributed by atoms with Crippen LogP contribution in [-0.4, -0.2) is 56.9 Å². The molecule has 3 aliphatic rings. The van der Waals surface area contributed by atoms with E-state index < -0.39 is 0 Å². The van der Waals surface area contributed by atoms with E-state index in [1.165, 1.54) is 51.6 Å². The van der Waals surface area contributed by atoms with Gasteiger partial charge in [-0.1, -0.05) is 18.9 Å². The third kappa shape index (κ3) is 4.90. The lowest BCUT2D eigenvalue weighted by molar-refractivity contribution is -0.0452. The van der Waals surface area contributed by atoms with Gasteiger partial charge in [-0.15, -0.1) is 0 Å². The Morgan fingerprint density at radius 2 is 1.84 bits per heavy atom. The van der Waals surface area contributed by atoms with E-state index in [2.05, 4.69) is 33.7 Å². The maximum Gasteiger partial charge on any atom is 0.146 e. The molecule has 6 rings (SSSR count). The third-order valence-electron chi connectivity index (χ3n) is 8.88. The summed E-state index contributed by atoms with van der Waals surface area (Å²) in [4.78, 5) is 14.3. The number of likely N-dealkylation sites (tertiary alicyclic amines) is 1. The van der Waals surface area contributed by atoms with Crippen LogP contribution in [0, 0.1) is 18.2 Å². The Labute approximate surface area is 219 Å². The van der Waals surface area contributed by atoms with Crippen molar-refractivity contribution in [2.75, 3.05) is 31.1 Å². The number of piperidine rings is 1. The van der Waals surface area contributed by atoms with Gasteiger partial charge in [0.2, 0.25) is 0 Å². The van der Waals surface area contributed by atoms with Gasteiger partial charge in [0.25, 0.3) is 0 Å². The summed E-state index contributed by atoms with van der Waals surface area (Å²) in [5.41, 5.74) is 4.98. The quantitative estimate of drug-likeness (QED) is 0.426. The summed E-state index contributed by atoms with van der Waals surface area (Å²) in [7, 11) is 0. The highest BCUT2D eigenvalue weighted by atomic mass is 19.1. The van der Waals surface area contributed by atoms with Crippen LogP contribution in [0.1, 0.15) is 75.4 Å². The van der Waals surface area contributed by atoms with E-state index in [1.54, 1.807) is 6.07 Å². The average molecular weight is 503 g/mol. The van der Waals surface area contributed by atoms with Crippen molar-refractivity contribution < 1.29 is 4.39 Å². The van der Waals surface area contributed by atoms with E-state index in [1.807, 2.05) is 42.3 Å². The van der Waals surface area contributed by atoms with Crippen molar-refractivity contribution in [2.24, 2.45) is 5.41 Å². The molecule has 1 spiro atoms. The van der Waals surface area contributed by atoms with Crippen LogP contribution in [0.15, 0.2) is 36.8 Å². The highest BCUT2D eigenvalue weighted by Crippen LogP contribution is 2.44. The highest BCUT2D eigenvalue weighted by molar-refractivity contribution is 5.60. The van der Waals surface area contributed by atoms with Gasteiger partial charge in [0.15, 0.2) is 0 Å². The Morgan fingerprint density at radius 1 is 1.08 bits per heavy atom. The second-order valence-corrected chi connectivity index (χ2v) is 11.9. The van der Waals surface area contributed by atoms with Crippen LogP contribution in [0.4, 0.5) is 10.1 Å². The molecule has 2 aromatic heterocycles. The molecule has 0 bridgehead atoms. The summed E-state index contributed by atoms with van der Waals surface area (Å²) in [6, 6.07) is 6.79. The Morgan fingerprint density at radius 3 is 2.51 bits per heavy atom. The first-order chi connectivity index (χ1) is 17.9. The summed E-state index contributed by atoms with van der Waals surface area (Å²) in [5, 5.41) is 4.45. The van der Waals surface area contributed by atoms with Crippen LogP contribution in [0.5, 0.6) is 0 Å². The minimum Gasteiger partial charge on any atom is -0.369 e. The predicted octanol–water partition coefficient (Wildman–Crippen LogP) is 5.80. The zero-order valence-electron chi connectivity index (χ0n) is 22.5. The second kappa shape index (κ2) is 9.82. The minimum absolute atomic E-state index is 0.139. The van der Waals surface area contributed by atoms with E-state index in [4.69, 9.17) is 4.98 Å². The van der Waals surface area contributed by atoms with Crippen molar-refractivity contribution in [3.63, 3.8) is 0 Å². The molecule has 0 amide bonds. The lowest BCUT2D eigenvalue weighted by Gasteiger charge is -2.56. The summed E-state index contributed by atoms with van der Waals surface area (Å²) in [5.74, 6) is 0.557. The van der Waals surface area contributed by atoms with E-state index in [9.17, 15) is 0 Å². The number of aromatic nitrogens is 4. The third-order valence-corrected chi connectivity index (χ3v) is 8.88. The van der Waals surface area contributed by atoms with Crippen LogP contribution >= 0.6 is 0 Å². The van der Waals surface area contributed by atoms with Crippen LogP contribution in [0.3, 0.4) is 0 Å². The fraction of sp³-hybridized carbons (Fsp3) is 0.567.